The molecule has 12 heavy (non-hydrogen) atoms. The van der Waals surface area contributed by atoms with Crippen molar-refractivity contribution in [2.24, 2.45) is 0 Å². The molecule has 3 heteroatoms. The lowest BCUT2D eigenvalue weighted by molar-refractivity contribution is 0.112. The highest BCUT2D eigenvalue weighted by Gasteiger charge is 2.09. The van der Waals surface area contributed by atoms with Gasteiger partial charge in [0.25, 0.3) is 0 Å². The van der Waals surface area contributed by atoms with Gasteiger partial charge in [-0.15, -0.1) is 0 Å². The van der Waals surface area contributed by atoms with Gasteiger partial charge in [0.15, 0.2) is 6.29 Å². The van der Waals surface area contributed by atoms with Crippen molar-refractivity contribution in [2.75, 3.05) is 0 Å². The normalized spacial score (nSPS) is 14.7. The second-order valence-electron chi connectivity index (χ2n) is 2.43. The van der Waals surface area contributed by atoms with Crippen LogP contribution in [0.1, 0.15) is 25.6 Å². The molecule has 0 aliphatic rings. The van der Waals surface area contributed by atoms with E-state index < -0.39 is 6.85 Å². The summed E-state index contributed by atoms with van der Waals surface area (Å²) in [6.07, 6.45) is 0.348. The Bertz CT molecular complexity index is 413. The fourth-order valence-electron chi connectivity index (χ4n) is 0.909. The Hall–Kier alpha value is -0.830. The van der Waals surface area contributed by atoms with Gasteiger partial charge < -0.3 is 5.11 Å². The lowest BCUT2D eigenvalue weighted by Crippen LogP contribution is -1.91. The molecule has 0 fully saturated rings. The number of rotatable bonds is 1. The van der Waals surface area contributed by atoms with Crippen molar-refractivity contribution < 1.29 is 14.0 Å². The zero-order valence-electron chi connectivity index (χ0n) is 9.39. The third-order valence-corrected chi connectivity index (χ3v) is 2.60. The van der Waals surface area contributed by atoms with Gasteiger partial charge in [-0.25, -0.2) is 0 Å². The second-order valence-corrected chi connectivity index (χ2v) is 3.23. The van der Waals surface area contributed by atoms with Crippen LogP contribution >= 0.6 is 15.9 Å². The first-order valence-electron chi connectivity index (χ1n) is 4.76. The Morgan fingerprint density at radius 1 is 1.75 bits per heavy atom. The van der Waals surface area contributed by atoms with Crippen LogP contribution in [0.15, 0.2) is 10.5 Å². The summed E-state index contributed by atoms with van der Waals surface area (Å²) in [4.78, 5) is 10.7. The van der Waals surface area contributed by atoms with Gasteiger partial charge in [-0.3, -0.25) is 4.79 Å². The van der Waals surface area contributed by atoms with Crippen molar-refractivity contribution >= 4 is 22.2 Å². The fraction of sp³-hybridized carbons (Fsp3) is 0.222. The van der Waals surface area contributed by atoms with Crippen molar-refractivity contribution in [1.82, 2.24) is 0 Å². The van der Waals surface area contributed by atoms with E-state index in [1.165, 1.54) is 6.07 Å². The van der Waals surface area contributed by atoms with E-state index in [4.69, 9.17) is 4.11 Å². The van der Waals surface area contributed by atoms with Crippen LogP contribution in [0.3, 0.4) is 0 Å². The van der Waals surface area contributed by atoms with Crippen LogP contribution in [-0.4, -0.2) is 11.4 Å². The smallest absolute Gasteiger partial charge is 0.154 e. The van der Waals surface area contributed by atoms with Crippen LogP contribution in [0.2, 0.25) is 0 Å². The summed E-state index contributed by atoms with van der Waals surface area (Å²) in [5.74, 6) is -0.308. The summed E-state index contributed by atoms with van der Waals surface area (Å²) >= 11 is 3.11. The van der Waals surface area contributed by atoms with Crippen LogP contribution in [0, 0.1) is 13.8 Å². The molecule has 0 heterocycles. The maximum absolute atomic E-state index is 10.7. The Morgan fingerprint density at radius 2 is 2.42 bits per heavy atom. The van der Waals surface area contributed by atoms with Crippen LogP contribution in [0.4, 0.5) is 0 Å². The van der Waals surface area contributed by atoms with E-state index in [1.54, 1.807) is 6.92 Å². The first kappa shape index (κ1) is 5.75. The van der Waals surface area contributed by atoms with E-state index in [0.717, 1.165) is 0 Å². The molecule has 0 aliphatic carbocycles. The predicted molar refractivity (Wildman–Crippen MR) is 50.7 cm³/mol. The first-order valence-corrected chi connectivity index (χ1v) is 4.06. The molecule has 0 bridgehead atoms. The Kier molecular flexibility index (Phi) is 1.57. The third-order valence-electron chi connectivity index (χ3n) is 1.58. The molecule has 1 aromatic carbocycles. The largest absolute Gasteiger partial charge is 0.507 e. The SMILES string of the molecule is [2H]C([2H])([2H])c1c(Br)c(C)cc(O)c1C=O. The Morgan fingerprint density at radius 3 is 2.92 bits per heavy atom. The minimum atomic E-state index is -2.43. The maximum atomic E-state index is 10.7. The molecule has 0 aromatic heterocycles. The summed E-state index contributed by atoms with van der Waals surface area (Å²) < 4.78 is 22.2. The zero-order valence-corrected chi connectivity index (χ0v) is 7.97. The first-order chi connectivity index (χ1) is 6.79. The van der Waals surface area contributed by atoms with Crippen molar-refractivity contribution in [3.63, 3.8) is 0 Å². The monoisotopic (exact) mass is 231 g/mol. The molecule has 0 amide bonds. The molecule has 0 saturated carbocycles. The molecule has 64 valence electrons. The average Bonchev–Trinajstić information content (AvgIpc) is 2.08. The number of aldehydes is 1. The standard InChI is InChI=1S/C9H9BrO2/c1-5-3-8(12)7(4-11)6(2)9(5)10/h3-4,12H,1-2H3/i2D3. The Balaban J connectivity index is 3.66. The minimum Gasteiger partial charge on any atom is -0.507 e. The highest BCUT2D eigenvalue weighted by molar-refractivity contribution is 9.10. The number of carbonyl (C=O) groups is 1. The van der Waals surface area contributed by atoms with Gasteiger partial charge in [-0.1, -0.05) is 15.9 Å². The van der Waals surface area contributed by atoms with Gasteiger partial charge in [0, 0.05) is 8.58 Å². The van der Waals surface area contributed by atoms with Gasteiger partial charge >= 0.3 is 0 Å². The summed E-state index contributed by atoms with van der Waals surface area (Å²) in [6.45, 7) is -0.786. The number of benzene rings is 1. The predicted octanol–water partition coefficient (Wildman–Crippen LogP) is 2.58. The summed E-state index contributed by atoms with van der Waals surface area (Å²) in [5, 5.41) is 9.46. The van der Waals surface area contributed by atoms with Crippen molar-refractivity contribution in [2.45, 2.75) is 13.8 Å². The highest BCUT2D eigenvalue weighted by Crippen LogP contribution is 2.29. The van der Waals surface area contributed by atoms with Crippen LogP contribution in [0.25, 0.3) is 0 Å². The molecule has 2 nitrogen and oxygen atoms in total. The lowest BCUT2D eigenvalue weighted by Gasteiger charge is -2.07. The van der Waals surface area contributed by atoms with Gasteiger partial charge in [-0.2, -0.15) is 0 Å². The molecule has 0 aliphatic heterocycles. The minimum absolute atomic E-state index is 0.144. The van der Waals surface area contributed by atoms with E-state index in [9.17, 15) is 9.90 Å². The van der Waals surface area contributed by atoms with Gasteiger partial charge in [0.1, 0.15) is 5.75 Å². The summed E-state index contributed by atoms with van der Waals surface area (Å²) in [5.41, 5.74) is 0.242. The number of aromatic hydroxyl groups is 1. The molecule has 0 atom stereocenters. The highest BCUT2D eigenvalue weighted by atomic mass is 79.9. The van der Waals surface area contributed by atoms with E-state index in [0.29, 0.717) is 16.3 Å². The van der Waals surface area contributed by atoms with Crippen LogP contribution < -0.4 is 0 Å². The summed E-state index contributed by atoms with van der Waals surface area (Å²) in [7, 11) is 0. The maximum Gasteiger partial charge on any atom is 0.154 e. The second kappa shape index (κ2) is 3.27. The lowest BCUT2D eigenvalue weighted by atomic mass is 10.1. The van der Waals surface area contributed by atoms with Crippen molar-refractivity contribution in [3.8, 4) is 5.75 Å². The molecule has 1 N–H and O–H groups in total. The average molecular weight is 232 g/mol. The zero-order chi connectivity index (χ0) is 11.8. The number of aryl methyl sites for hydroxylation is 1. The molecular weight excluding hydrogens is 220 g/mol. The molecular formula is C9H9BrO2. The number of phenolic OH excluding ortho intramolecular Hbond substituents is 1. The van der Waals surface area contributed by atoms with Crippen LogP contribution in [0.5, 0.6) is 5.75 Å². The van der Waals surface area contributed by atoms with E-state index >= 15 is 0 Å². The number of hydrogen-bond acceptors (Lipinski definition) is 2. The molecule has 0 spiro atoms. The van der Waals surface area contributed by atoms with E-state index in [2.05, 4.69) is 15.9 Å². The van der Waals surface area contributed by atoms with E-state index in [-0.39, 0.29) is 16.9 Å². The van der Waals surface area contributed by atoms with Crippen molar-refractivity contribution in [3.05, 3.63) is 27.2 Å². The fourth-order valence-corrected chi connectivity index (χ4v) is 1.24. The van der Waals surface area contributed by atoms with Crippen molar-refractivity contribution in [1.29, 1.82) is 0 Å². The Labute approximate surface area is 83.6 Å². The van der Waals surface area contributed by atoms with E-state index in [1.807, 2.05) is 0 Å². The molecule has 0 radical (unpaired) electrons. The molecule has 1 rings (SSSR count). The molecule has 0 unspecified atom stereocenters. The number of hydrogen-bond donors (Lipinski definition) is 1. The van der Waals surface area contributed by atoms with Gasteiger partial charge in [0.2, 0.25) is 0 Å². The number of carbonyl (C=O) groups excluding carboxylic acids is 1. The molecule has 1 aromatic rings. The quantitative estimate of drug-likeness (QED) is 0.755. The molecule has 0 saturated heterocycles. The van der Waals surface area contributed by atoms with Crippen LogP contribution in [-0.2, 0) is 0 Å². The third kappa shape index (κ3) is 1.37. The summed E-state index contributed by atoms with van der Waals surface area (Å²) in [6, 6.07) is 1.35. The number of phenols is 1. The van der Waals surface area contributed by atoms with Gasteiger partial charge in [0.05, 0.1) is 5.56 Å². The van der Waals surface area contributed by atoms with Gasteiger partial charge in [-0.05, 0) is 31.0 Å². The number of halogens is 1. The topological polar surface area (TPSA) is 37.3 Å².